The molecular weight excluding hydrogens is 158 g/mol. The maximum absolute atomic E-state index is 2.56. The van der Waals surface area contributed by atoms with Gasteiger partial charge in [-0.25, -0.2) is 0 Å². The standard InChI is InChI=1S/C12H23N/c1-6-12-11(9(2)3)7-8-13(12)10(4)5/h9-10H,6-8H2,1-5H3. The monoisotopic (exact) mass is 181 g/mol. The molecule has 1 aliphatic rings. The first kappa shape index (κ1) is 10.6. The fourth-order valence-corrected chi connectivity index (χ4v) is 2.33. The van der Waals surface area contributed by atoms with E-state index in [-0.39, 0.29) is 0 Å². The predicted octanol–water partition coefficient (Wildman–Crippen LogP) is 3.42. The first-order valence-corrected chi connectivity index (χ1v) is 5.56. The van der Waals surface area contributed by atoms with Crippen LogP contribution in [0.3, 0.4) is 0 Å². The Bertz CT molecular complexity index is 201. The second-order valence-electron chi connectivity index (χ2n) is 4.52. The Balaban J connectivity index is 2.85. The first-order chi connectivity index (χ1) is 6.07. The van der Waals surface area contributed by atoms with Crippen molar-refractivity contribution in [3.8, 4) is 0 Å². The third-order valence-corrected chi connectivity index (χ3v) is 2.99. The van der Waals surface area contributed by atoms with Gasteiger partial charge in [-0.2, -0.15) is 0 Å². The lowest BCUT2D eigenvalue weighted by molar-refractivity contribution is 0.302. The van der Waals surface area contributed by atoms with Crippen molar-refractivity contribution in [2.45, 2.75) is 53.5 Å². The second-order valence-corrected chi connectivity index (χ2v) is 4.52. The van der Waals surface area contributed by atoms with E-state index < -0.39 is 0 Å². The molecule has 0 aromatic heterocycles. The Hall–Kier alpha value is -0.460. The van der Waals surface area contributed by atoms with Gasteiger partial charge in [0.15, 0.2) is 0 Å². The van der Waals surface area contributed by atoms with Crippen molar-refractivity contribution in [2.24, 2.45) is 5.92 Å². The minimum Gasteiger partial charge on any atom is -0.372 e. The van der Waals surface area contributed by atoms with Crippen LogP contribution in [-0.4, -0.2) is 17.5 Å². The molecule has 13 heavy (non-hydrogen) atoms. The molecule has 0 bridgehead atoms. The highest BCUT2D eigenvalue weighted by Gasteiger charge is 2.23. The summed E-state index contributed by atoms with van der Waals surface area (Å²) in [5, 5.41) is 0. The Kier molecular flexibility index (Phi) is 3.40. The van der Waals surface area contributed by atoms with Crippen LogP contribution in [0.1, 0.15) is 47.5 Å². The van der Waals surface area contributed by atoms with E-state index in [1.165, 1.54) is 19.4 Å². The number of nitrogens with zero attached hydrogens (tertiary/aromatic N) is 1. The molecule has 0 aromatic carbocycles. The van der Waals surface area contributed by atoms with Gasteiger partial charge in [0.05, 0.1) is 0 Å². The van der Waals surface area contributed by atoms with Crippen LogP contribution < -0.4 is 0 Å². The van der Waals surface area contributed by atoms with Crippen LogP contribution in [0, 0.1) is 5.92 Å². The summed E-state index contributed by atoms with van der Waals surface area (Å²) in [6, 6.07) is 0.672. The van der Waals surface area contributed by atoms with E-state index in [9.17, 15) is 0 Å². The largest absolute Gasteiger partial charge is 0.372 e. The lowest BCUT2D eigenvalue weighted by Crippen LogP contribution is -2.27. The topological polar surface area (TPSA) is 3.24 Å². The van der Waals surface area contributed by atoms with Gasteiger partial charge >= 0.3 is 0 Å². The lowest BCUT2D eigenvalue weighted by Gasteiger charge is -2.26. The van der Waals surface area contributed by atoms with E-state index in [1.54, 1.807) is 11.3 Å². The Morgan fingerprint density at radius 3 is 2.23 bits per heavy atom. The summed E-state index contributed by atoms with van der Waals surface area (Å²) in [4.78, 5) is 2.56. The molecule has 0 saturated heterocycles. The van der Waals surface area contributed by atoms with Crippen molar-refractivity contribution < 1.29 is 0 Å². The minimum atomic E-state index is 0.672. The van der Waals surface area contributed by atoms with Crippen LogP contribution >= 0.6 is 0 Å². The van der Waals surface area contributed by atoms with Crippen molar-refractivity contribution in [1.29, 1.82) is 0 Å². The minimum absolute atomic E-state index is 0.672. The van der Waals surface area contributed by atoms with Gasteiger partial charge in [-0.3, -0.25) is 0 Å². The van der Waals surface area contributed by atoms with Gasteiger partial charge in [0.1, 0.15) is 0 Å². The summed E-state index contributed by atoms with van der Waals surface area (Å²) in [5.74, 6) is 0.735. The molecule has 1 rings (SSSR count). The summed E-state index contributed by atoms with van der Waals surface area (Å²) in [6.07, 6.45) is 2.49. The zero-order chi connectivity index (χ0) is 10.0. The maximum Gasteiger partial charge on any atom is 0.0230 e. The molecule has 0 fully saturated rings. The molecule has 76 valence electrons. The second kappa shape index (κ2) is 4.17. The van der Waals surface area contributed by atoms with Crippen LogP contribution in [0.5, 0.6) is 0 Å². The average molecular weight is 181 g/mol. The highest BCUT2D eigenvalue weighted by Crippen LogP contribution is 2.31. The maximum atomic E-state index is 2.56. The van der Waals surface area contributed by atoms with Crippen LogP contribution in [0.2, 0.25) is 0 Å². The van der Waals surface area contributed by atoms with E-state index in [0.717, 1.165) is 5.92 Å². The number of allylic oxidation sites excluding steroid dienone is 1. The molecule has 1 heteroatoms. The smallest absolute Gasteiger partial charge is 0.0230 e. The zero-order valence-electron chi connectivity index (χ0n) is 9.72. The van der Waals surface area contributed by atoms with Crippen molar-refractivity contribution >= 4 is 0 Å². The number of hydrogen-bond donors (Lipinski definition) is 0. The fourth-order valence-electron chi connectivity index (χ4n) is 2.33. The Morgan fingerprint density at radius 2 is 1.85 bits per heavy atom. The summed E-state index contributed by atoms with van der Waals surface area (Å²) in [7, 11) is 0. The third kappa shape index (κ3) is 2.07. The van der Waals surface area contributed by atoms with Crippen LogP contribution in [0.25, 0.3) is 0 Å². The Labute approximate surface area is 82.8 Å². The van der Waals surface area contributed by atoms with E-state index in [1.807, 2.05) is 0 Å². The van der Waals surface area contributed by atoms with Crippen LogP contribution in [-0.2, 0) is 0 Å². The molecular formula is C12H23N. The highest BCUT2D eigenvalue weighted by molar-refractivity contribution is 5.21. The highest BCUT2D eigenvalue weighted by atomic mass is 15.2. The first-order valence-electron chi connectivity index (χ1n) is 5.56. The molecule has 0 saturated carbocycles. The van der Waals surface area contributed by atoms with Gasteiger partial charge in [0.2, 0.25) is 0 Å². The summed E-state index contributed by atoms with van der Waals surface area (Å²) < 4.78 is 0. The van der Waals surface area contributed by atoms with Gasteiger partial charge in [0, 0.05) is 18.3 Å². The van der Waals surface area contributed by atoms with E-state index in [4.69, 9.17) is 0 Å². The average Bonchev–Trinajstić information content (AvgIpc) is 2.46. The molecule has 0 atom stereocenters. The van der Waals surface area contributed by atoms with E-state index in [0.29, 0.717) is 6.04 Å². The SMILES string of the molecule is CCC1=C(C(C)C)CCN1C(C)C. The lowest BCUT2D eigenvalue weighted by atomic mass is 9.99. The van der Waals surface area contributed by atoms with Gasteiger partial charge < -0.3 is 4.90 Å². The van der Waals surface area contributed by atoms with E-state index in [2.05, 4.69) is 39.5 Å². The normalized spacial score (nSPS) is 18.2. The predicted molar refractivity (Wildman–Crippen MR) is 58.6 cm³/mol. The molecule has 1 aliphatic heterocycles. The molecule has 1 nitrogen and oxygen atoms in total. The summed E-state index contributed by atoms with van der Waals surface area (Å²) >= 11 is 0. The molecule has 0 aromatic rings. The van der Waals surface area contributed by atoms with Crippen molar-refractivity contribution in [2.75, 3.05) is 6.54 Å². The van der Waals surface area contributed by atoms with Crippen molar-refractivity contribution in [1.82, 2.24) is 4.90 Å². The van der Waals surface area contributed by atoms with Gasteiger partial charge in [-0.1, -0.05) is 20.8 Å². The van der Waals surface area contributed by atoms with Gasteiger partial charge in [-0.05, 0) is 38.2 Å². The number of hydrogen-bond acceptors (Lipinski definition) is 1. The molecule has 0 N–H and O–H groups in total. The van der Waals surface area contributed by atoms with Gasteiger partial charge in [-0.15, -0.1) is 0 Å². The molecule has 0 unspecified atom stereocenters. The van der Waals surface area contributed by atoms with Gasteiger partial charge in [0.25, 0.3) is 0 Å². The van der Waals surface area contributed by atoms with Crippen molar-refractivity contribution in [3.05, 3.63) is 11.3 Å². The Morgan fingerprint density at radius 1 is 1.23 bits per heavy atom. The van der Waals surface area contributed by atoms with Crippen LogP contribution in [0.15, 0.2) is 11.3 Å². The quantitative estimate of drug-likeness (QED) is 0.645. The van der Waals surface area contributed by atoms with Crippen LogP contribution in [0.4, 0.5) is 0 Å². The molecule has 0 spiro atoms. The third-order valence-electron chi connectivity index (χ3n) is 2.99. The summed E-state index contributed by atoms with van der Waals surface area (Å²) in [5.41, 5.74) is 3.31. The zero-order valence-corrected chi connectivity index (χ0v) is 9.72. The summed E-state index contributed by atoms with van der Waals surface area (Å²) in [6.45, 7) is 12.7. The fraction of sp³-hybridized carbons (Fsp3) is 0.833. The molecule has 1 heterocycles. The molecule has 0 radical (unpaired) electrons. The van der Waals surface area contributed by atoms with Crippen molar-refractivity contribution in [3.63, 3.8) is 0 Å². The molecule has 0 amide bonds. The van der Waals surface area contributed by atoms with E-state index >= 15 is 0 Å². The number of rotatable bonds is 3. The molecule has 0 aliphatic carbocycles.